The number of unbranched alkanes of at least 4 members (excludes halogenated alkanes) is 1. The fourth-order valence-corrected chi connectivity index (χ4v) is 2.42. The van der Waals surface area contributed by atoms with E-state index in [2.05, 4.69) is 10.2 Å². The van der Waals surface area contributed by atoms with E-state index >= 15 is 0 Å². The van der Waals surface area contributed by atoms with Crippen molar-refractivity contribution < 1.29 is 9.53 Å². The Morgan fingerprint density at radius 3 is 2.48 bits per heavy atom. The second-order valence-electron chi connectivity index (χ2n) is 5.34. The summed E-state index contributed by atoms with van der Waals surface area (Å²) in [5, 5.41) is 2.91. The number of ether oxygens (including phenoxy) is 1. The number of benzene rings is 1. The zero-order valence-corrected chi connectivity index (χ0v) is 14.9. The molecule has 1 atom stereocenters. The lowest BCUT2D eigenvalue weighted by Crippen LogP contribution is -2.37. The number of nitrogens with one attached hydrogen (secondary N) is 1. The minimum absolute atomic E-state index is 0. The average Bonchev–Trinajstić information content (AvgIpc) is 2.55. The van der Waals surface area contributed by atoms with Crippen molar-refractivity contribution >= 4 is 30.7 Å². The summed E-state index contributed by atoms with van der Waals surface area (Å²) in [5.41, 5.74) is 6.79. The first-order valence-corrected chi connectivity index (χ1v) is 7.66. The molecule has 5 nitrogen and oxygen atoms in total. The van der Waals surface area contributed by atoms with E-state index in [0.717, 1.165) is 51.3 Å². The van der Waals surface area contributed by atoms with Crippen molar-refractivity contribution in [1.29, 1.82) is 0 Å². The van der Waals surface area contributed by atoms with E-state index in [-0.39, 0.29) is 30.7 Å². The van der Waals surface area contributed by atoms with Crippen LogP contribution in [-0.2, 0) is 9.53 Å². The summed E-state index contributed by atoms with van der Waals surface area (Å²) in [5.74, 6) is -0.104. The van der Waals surface area contributed by atoms with Crippen molar-refractivity contribution in [1.82, 2.24) is 10.2 Å². The van der Waals surface area contributed by atoms with Crippen LogP contribution in [0.3, 0.4) is 0 Å². The van der Waals surface area contributed by atoms with E-state index in [1.165, 1.54) is 0 Å². The van der Waals surface area contributed by atoms with Crippen LogP contribution in [0, 0.1) is 0 Å². The molecule has 1 aromatic rings. The van der Waals surface area contributed by atoms with Gasteiger partial charge in [-0.05, 0) is 24.9 Å². The maximum absolute atomic E-state index is 11.9. The van der Waals surface area contributed by atoms with Gasteiger partial charge in [-0.15, -0.1) is 24.8 Å². The van der Waals surface area contributed by atoms with Gasteiger partial charge in [0.15, 0.2) is 0 Å². The van der Waals surface area contributed by atoms with Crippen molar-refractivity contribution in [3.8, 4) is 0 Å². The number of carbonyl (C=O) groups excluding carboxylic acids is 1. The van der Waals surface area contributed by atoms with Crippen molar-refractivity contribution in [2.75, 3.05) is 39.4 Å². The van der Waals surface area contributed by atoms with Gasteiger partial charge in [0.05, 0.1) is 13.2 Å². The van der Waals surface area contributed by atoms with Crippen molar-refractivity contribution in [2.45, 2.75) is 18.9 Å². The first-order valence-electron chi connectivity index (χ1n) is 7.66. The van der Waals surface area contributed by atoms with Crippen LogP contribution in [0.25, 0.3) is 0 Å². The van der Waals surface area contributed by atoms with Crippen LogP contribution in [0.5, 0.6) is 0 Å². The minimum Gasteiger partial charge on any atom is -0.379 e. The molecule has 2 rings (SSSR count). The summed E-state index contributed by atoms with van der Waals surface area (Å²) in [6.45, 7) is 5.47. The smallest absolute Gasteiger partial charge is 0.241 e. The van der Waals surface area contributed by atoms with Crippen LogP contribution in [0.1, 0.15) is 24.4 Å². The van der Waals surface area contributed by atoms with E-state index in [1.807, 2.05) is 30.3 Å². The Kier molecular flexibility index (Phi) is 12.1. The highest BCUT2D eigenvalue weighted by Gasteiger charge is 2.14. The van der Waals surface area contributed by atoms with Gasteiger partial charge in [0, 0.05) is 19.6 Å². The molecular formula is C16H27Cl2N3O2. The molecule has 132 valence electrons. The van der Waals surface area contributed by atoms with Gasteiger partial charge in [-0.25, -0.2) is 0 Å². The third-order valence-corrected chi connectivity index (χ3v) is 3.75. The third-order valence-electron chi connectivity index (χ3n) is 3.75. The summed E-state index contributed by atoms with van der Waals surface area (Å²) >= 11 is 0. The molecule has 0 radical (unpaired) electrons. The van der Waals surface area contributed by atoms with Crippen molar-refractivity contribution in [3.63, 3.8) is 0 Å². The van der Waals surface area contributed by atoms with Gasteiger partial charge in [0.25, 0.3) is 0 Å². The van der Waals surface area contributed by atoms with Crippen LogP contribution in [0.4, 0.5) is 0 Å². The number of hydrogen-bond donors (Lipinski definition) is 2. The number of morpholine rings is 1. The SMILES string of the molecule is Cl.Cl.NC(C(=O)NCCCCN1CCOCC1)c1ccccc1. The largest absolute Gasteiger partial charge is 0.379 e. The molecule has 1 aliphatic heterocycles. The number of carbonyl (C=O) groups is 1. The maximum atomic E-state index is 11.9. The van der Waals surface area contributed by atoms with Gasteiger partial charge in [0.1, 0.15) is 6.04 Å². The summed E-state index contributed by atoms with van der Waals surface area (Å²) in [4.78, 5) is 14.3. The molecular weight excluding hydrogens is 337 g/mol. The highest BCUT2D eigenvalue weighted by atomic mass is 35.5. The van der Waals surface area contributed by atoms with E-state index in [9.17, 15) is 4.79 Å². The molecule has 0 saturated carbocycles. The first kappa shape index (κ1) is 22.1. The predicted octanol–water partition coefficient (Wildman–Crippen LogP) is 1.76. The number of nitrogens with two attached hydrogens (primary N) is 1. The molecule has 3 N–H and O–H groups in total. The Morgan fingerprint density at radius 2 is 1.83 bits per heavy atom. The fraction of sp³-hybridized carbons (Fsp3) is 0.562. The second kappa shape index (κ2) is 12.6. The minimum atomic E-state index is -0.578. The maximum Gasteiger partial charge on any atom is 0.241 e. The van der Waals surface area contributed by atoms with Gasteiger partial charge in [-0.2, -0.15) is 0 Å². The summed E-state index contributed by atoms with van der Waals surface area (Å²) in [7, 11) is 0. The second-order valence-corrected chi connectivity index (χ2v) is 5.34. The number of hydrogen-bond acceptors (Lipinski definition) is 4. The van der Waals surface area contributed by atoms with Gasteiger partial charge >= 0.3 is 0 Å². The average molecular weight is 364 g/mol. The van der Waals surface area contributed by atoms with Gasteiger partial charge in [-0.1, -0.05) is 30.3 Å². The van der Waals surface area contributed by atoms with Crippen molar-refractivity contribution in [2.24, 2.45) is 5.73 Å². The number of rotatable bonds is 7. The zero-order valence-electron chi connectivity index (χ0n) is 13.3. The standard InChI is InChI=1S/C16H25N3O2.2ClH/c17-15(14-6-2-1-3-7-14)16(20)18-8-4-5-9-19-10-12-21-13-11-19;;/h1-3,6-7,15H,4-5,8-13,17H2,(H,18,20);2*1H. The fourth-order valence-electron chi connectivity index (χ4n) is 2.42. The third kappa shape index (κ3) is 7.99. The summed E-state index contributed by atoms with van der Waals surface area (Å²) in [6, 6.07) is 8.88. The Balaban J connectivity index is 0.00000242. The first-order chi connectivity index (χ1) is 10.3. The normalized spacial score (nSPS) is 15.9. The van der Waals surface area contributed by atoms with Crippen LogP contribution in [0.2, 0.25) is 0 Å². The lowest BCUT2D eigenvalue weighted by molar-refractivity contribution is -0.122. The Hall–Kier alpha value is -0.850. The van der Waals surface area contributed by atoms with Crippen molar-refractivity contribution in [3.05, 3.63) is 35.9 Å². The molecule has 0 spiro atoms. The summed E-state index contributed by atoms with van der Waals surface area (Å²) < 4.78 is 5.31. The monoisotopic (exact) mass is 363 g/mol. The molecule has 1 heterocycles. The highest BCUT2D eigenvalue weighted by molar-refractivity contribution is 5.85. The Bertz CT molecular complexity index is 429. The van der Waals surface area contributed by atoms with Crippen LogP contribution < -0.4 is 11.1 Å². The zero-order chi connectivity index (χ0) is 14.9. The molecule has 1 amide bonds. The molecule has 7 heteroatoms. The molecule has 0 aromatic heterocycles. The lowest BCUT2D eigenvalue weighted by Gasteiger charge is -2.26. The van der Waals surface area contributed by atoms with Crippen LogP contribution >= 0.6 is 24.8 Å². The highest BCUT2D eigenvalue weighted by Crippen LogP contribution is 2.09. The molecule has 1 unspecified atom stereocenters. The van der Waals surface area contributed by atoms with E-state index in [1.54, 1.807) is 0 Å². The van der Waals surface area contributed by atoms with E-state index < -0.39 is 6.04 Å². The molecule has 1 saturated heterocycles. The Morgan fingerprint density at radius 1 is 1.17 bits per heavy atom. The predicted molar refractivity (Wildman–Crippen MR) is 97.4 cm³/mol. The number of halogens is 2. The number of nitrogens with zero attached hydrogens (tertiary/aromatic N) is 1. The molecule has 0 aliphatic carbocycles. The molecule has 0 bridgehead atoms. The van der Waals surface area contributed by atoms with E-state index in [4.69, 9.17) is 10.5 Å². The van der Waals surface area contributed by atoms with Crippen LogP contribution in [-0.4, -0.2) is 50.2 Å². The topological polar surface area (TPSA) is 67.6 Å². The molecule has 1 aromatic carbocycles. The molecule has 1 aliphatic rings. The number of amides is 1. The van der Waals surface area contributed by atoms with Gasteiger partial charge in [-0.3, -0.25) is 9.69 Å². The molecule has 1 fully saturated rings. The van der Waals surface area contributed by atoms with E-state index in [0.29, 0.717) is 6.54 Å². The lowest BCUT2D eigenvalue weighted by atomic mass is 10.1. The van der Waals surface area contributed by atoms with Gasteiger partial charge in [0.2, 0.25) is 5.91 Å². The summed E-state index contributed by atoms with van der Waals surface area (Å²) in [6.07, 6.45) is 2.06. The van der Waals surface area contributed by atoms with Crippen LogP contribution in [0.15, 0.2) is 30.3 Å². The van der Waals surface area contributed by atoms with Gasteiger partial charge < -0.3 is 15.8 Å². The molecule has 23 heavy (non-hydrogen) atoms. The quantitative estimate of drug-likeness (QED) is 0.724. The Labute approximate surface area is 150 Å².